The van der Waals surface area contributed by atoms with Crippen LogP contribution in [0.15, 0.2) is 133 Å². The van der Waals surface area contributed by atoms with Crippen LogP contribution in [0.25, 0.3) is 0 Å². The molecule has 0 radical (unpaired) electrons. The van der Waals surface area contributed by atoms with Gasteiger partial charge in [-0.15, -0.1) is 0 Å². The standard InChI is InChI=1S/C71H79BN2/c1-64(2)39-66(5,6)50-33-46(27-29-48(50)64)73-58-37-54-52(68(9,10)41-70(54,13)14)35-56(58)72-57-36-53-55(71(15,16)42-69(53,11)12)38-59(57)74(47-28-30-49-51(34-47)67(7,8)40-65(49,3)4)61-32-45(31-60(73)63(61)72)62(43-23-19-17-20-24-43)44-25-21-18-22-26-44/h17-38,62H,39-42H2,1-16H3. The van der Waals surface area contributed by atoms with Crippen LogP contribution in [0.2, 0.25) is 0 Å². The molecule has 6 aliphatic rings. The van der Waals surface area contributed by atoms with Gasteiger partial charge in [0.05, 0.1) is 0 Å². The lowest BCUT2D eigenvalue weighted by Crippen LogP contribution is -2.62. The Kier molecular flexibility index (Phi) is 9.70. The summed E-state index contributed by atoms with van der Waals surface area (Å²) < 4.78 is 0. The quantitative estimate of drug-likeness (QED) is 0.125. The molecule has 7 aromatic rings. The summed E-state index contributed by atoms with van der Waals surface area (Å²) in [7, 11) is 0. The summed E-state index contributed by atoms with van der Waals surface area (Å²) in [5, 5.41) is 0. The highest BCUT2D eigenvalue weighted by molar-refractivity contribution is 7.00. The molecule has 0 spiro atoms. The van der Waals surface area contributed by atoms with E-state index in [-0.39, 0.29) is 56.0 Å². The summed E-state index contributed by atoms with van der Waals surface area (Å²) in [5.41, 5.74) is 28.4. The third-order valence-corrected chi connectivity index (χ3v) is 19.9. The summed E-state index contributed by atoms with van der Waals surface area (Å²) in [5.74, 6) is 0.00269. The third kappa shape index (κ3) is 6.75. The minimum absolute atomic E-state index is 0.00269. The van der Waals surface area contributed by atoms with Crippen molar-refractivity contribution < 1.29 is 0 Å². The van der Waals surface area contributed by atoms with Gasteiger partial charge in [-0.2, -0.15) is 0 Å². The Labute approximate surface area is 445 Å². The molecule has 2 heterocycles. The van der Waals surface area contributed by atoms with E-state index in [4.69, 9.17) is 0 Å². The van der Waals surface area contributed by atoms with Gasteiger partial charge in [0.1, 0.15) is 0 Å². The van der Waals surface area contributed by atoms with E-state index < -0.39 is 0 Å². The van der Waals surface area contributed by atoms with Gasteiger partial charge in [-0.05, 0) is 195 Å². The molecule has 376 valence electrons. The van der Waals surface area contributed by atoms with Gasteiger partial charge in [0.2, 0.25) is 0 Å². The van der Waals surface area contributed by atoms with E-state index in [1.807, 2.05) is 0 Å². The zero-order chi connectivity index (χ0) is 52.2. The van der Waals surface area contributed by atoms with Gasteiger partial charge in [0.25, 0.3) is 6.71 Å². The minimum Gasteiger partial charge on any atom is -0.311 e. The van der Waals surface area contributed by atoms with E-state index >= 15 is 0 Å². The molecule has 0 unspecified atom stereocenters. The fourth-order valence-corrected chi connectivity index (χ4v) is 17.8. The highest BCUT2D eigenvalue weighted by Crippen LogP contribution is 2.58. The van der Waals surface area contributed by atoms with E-state index in [0.29, 0.717) is 0 Å². The second-order valence-corrected chi connectivity index (χ2v) is 29.5. The number of hydrogen-bond donors (Lipinski definition) is 0. The van der Waals surface area contributed by atoms with Gasteiger partial charge in [-0.3, -0.25) is 0 Å². The van der Waals surface area contributed by atoms with Crippen LogP contribution in [-0.2, 0) is 43.3 Å². The Balaban J connectivity index is 1.20. The van der Waals surface area contributed by atoms with Crippen molar-refractivity contribution >= 4 is 57.2 Å². The molecule has 2 aliphatic heterocycles. The molecule has 0 bridgehead atoms. The van der Waals surface area contributed by atoms with Crippen molar-refractivity contribution in [1.82, 2.24) is 0 Å². The second kappa shape index (κ2) is 15.0. The highest BCUT2D eigenvalue weighted by Gasteiger charge is 2.52. The van der Waals surface area contributed by atoms with Gasteiger partial charge < -0.3 is 9.80 Å². The van der Waals surface area contributed by atoms with Crippen LogP contribution >= 0.6 is 0 Å². The zero-order valence-electron chi connectivity index (χ0n) is 47.6. The summed E-state index contributed by atoms with van der Waals surface area (Å²) >= 11 is 0. The van der Waals surface area contributed by atoms with Crippen LogP contribution in [0.1, 0.15) is 204 Å². The van der Waals surface area contributed by atoms with E-state index in [1.54, 1.807) is 0 Å². The lowest BCUT2D eigenvalue weighted by atomic mass is 9.33. The van der Waals surface area contributed by atoms with Crippen LogP contribution < -0.4 is 26.2 Å². The van der Waals surface area contributed by atoms with Crippen molar-refractivity contribution in [3.63, 3.8) is 0 Å². The zero-order valence-corrected chi connectivity index (χ0v) is 47.6. The molecule has 0 amide bonds. The predicted molar refractivity (Wildman–Crippen MR) is 317 cm³/mol. The largest absolute Gasteiger partial charge is 0.311 e. The number of anilines is 6. The molecular formula is C71H79BN2. The summed E-state index contributed by atoms with van der Waals surface area (Å²) in [6.07, 6.45) is 4.51. The lowest BCUT2D eigenvalue weighted by molar-refractivity contribution is 0.402. The number of rotatable bonds is 5. The van der Waals surface area contributed by atoms with E-state index in [0.717, 1.165) is 25.7 Å². The molecule has 0 fully saturated rings. The molecule has 0 aromatic heterocycles. The Bertz CT molecular complexity index is 3300. The van der Waals surface area contributed by atoms with E-state index in [2.05, 4.69) is 254 Å². The summed E-state index contributed by atoms with van der Waals surface area (Å²) in [6, 6.07) is 53.9. The van der Waals surface area contributed by atoms with Crippen LogP contribution in [0.4, 0.5) is 34.1 Å². The van der Waals surface area contributed by atoms with Crippen molar-refractivity contribution in [3.05, 3.63) is 195 Å². The van der Waals surface area contributed by atoms with Crippen molar-refractivity contribution in [2.45, 2.75) is 186 Å². The molecule has 0 saturated carbocycles. The van der Waals surface area contributed by atoms with Crippen LogP contribution in [-0.4, -0.2) is 6.71 Å². The van der Waals surface area contributed by atoms with Crippen molar-refractivity contribution in [3.8, 4) is 0 Å². The van der Waals surface area contributed by atoms with Gasteiger partial charge in [-0.1, -0.05) is 196 Å². The second-order valence-electron chi connectivity index (χ2n) is 29.5. The predicted octanol–water partition coefficient (Wildman–Crippen LogP) is 16.8. The Morgan fingerprint density at radius 1 is 0.311 bits per heavy atom. The average Bonchev–Trinajstić information content (AvgIpc) is 3.85. The molecule has 7 aromatic carbocycles. The Morgan fingerprint density at radius 3 is 0.973 bits per heavy atom. The molecule has 4 aliphatic carbocycles. The molecule has 2 nitrogen and oxygen atoms in total. The first kappa shape index (κ1) is 47.9. The Morgan fingerprint density at radius 2 is 0.622 bits per heavy atom. The van der Waals surface area contributed by atoms with Crippen molar-refractivity contribution in [1.29, 1.82) is 0 Å². The van der Waals surface area contributed by atoms with Gasteiger partial charge in [-0.25, -0.2) is 0 Å². The fourth-order valence-electron chi connectivity index (χ4n) is 17.8. The summed E-state index contributed by atoms with van der Waals surface area (Å²) in [4.78, 5) is 5.50. The van der Waals surface area contributed by atoms with Crippen LogP contribution in [0.3, 0.4) is 0 Å². The minimum atomic E-state index is 0.00269. The molecule has 13 rings (SSSR count). The number of nitrogens with zero attached hydrogens (tertiary/aromatic N) is 2. The molecule has 3 heteroatoms. The molecule has 0 atom stereocenters. The number of fused-ring (bicyclic) bond motifs is 8. The van der Waals surface area contributed by atoms with Crippen molar-refractivity contribution in [2.75, 3.05) is 9.80 Å². The number of hydrogen-bond acceptors (Lipinski definition) is 2. The maximum Gasteiger partial charge on any atom is 0.252 e. The normalized spacial score (nSPS) is 21.4. The first-order valence-corrected chi connectivity index (χ1v) is 28.2. The maximum absolute atomic E-state index is 2.75. The van der Waals surface area contributed by atoms with Gasteiger partial charge in [0, 0.05) is 40.0 Å². The topological polar surface area (TPSA) is 6.48 Å². The lowest BCUT2D eigenvalue weighted by Gasteiger charge is -2.46. The SMILES string of the molecule is CC1(C)CC(C)(C)c2cc(N3c4cc5c(cc4B4c6cc7c(cc6N(c6ccc8c(c6)C(C)(C)CC8(C)C)c6cc(C(c8ccccc8)c8ccccc8)cc3c64)C(C)(C)CC7(C)C)C(C)(C)CC5(C)C)ccc21. The molecule has 0 N–H and O–H groups in total. The average molecular weight is 971 g/mol. The van der Waals surface area contributed by atoms with E-state index in [9.17, 15) is 0 Å². The van der Waals surface area contributed by atoms with Crippen LogP contribution in [0, 0.1) is 0 Å². The maximum atomic E-state index is 2.75. The van der Waals surface area contributed by atoms with Gasteiger partial charge in [0.15, 0.2) is 0 Å². The first-order chi connectivity index (χ1) is 34.6. The fraction of sp³-hybridized carbons (Fsp3) is 0.408. The smallest absolute Gasteiger partial charge is 0.252 e. The molecule has 74 heavy (non-hydrogen) atoms. The first-order valence-electron chi connectivity index (χ1n) is 28.2. The van der Waals surface area contributed by atoms with E-state index in [1.165, 1.54) is 112 Å². The summed E-state index contributed by atoms with van der Waals surface area (Å²) in [6.45, 7) is 39.7. The number of benzene rings is 7. The highest BCUT2D eigenvalue weighted by atomic mass is 15.2. The molecule has 0 saturated heterocycles. The third-order valence-electron chi connectivity index (χ3n) is 19.9. The van der Waals surface area contributed by atoms with Gasteiger partial charge >= 0.3 is 0 Å². The molecular weight excluding hydrogens is 892 g/mol. The van der Waals surface area contributed by atoms with Crippen LogP contribution in [0.5, 0.6) is 0 Å². The Hall–Kier alpha value is -5.80. The van der Waals surface area contributed by atoms with Crippen molar-refractivity contribution in [2.24, 2.45) is 0 Å². The monoisotopic (exact) mass is 971 g/mol.